The van der Waals surface area contributed by atoms with E-state index in [-0.39, 0.29) is 0 Å². The lowest BCUT2D eigenvalue weighted by Crippen LogP contribution is -2.38. The highest BCUT2D eigenvalue weighted by Gasteiger charge is 2.03. The van der Waals surface area contributed by atoms with Crippen LogP contribution in [0.3, 0.4) is 0 Å². The lowest BCUT2D eigenvalue weighted by Gasteiger charge is -2.10. The van der Waals surface area contributed by atoms with Crippen molar-refractivity contribution in [3.63, 3.8) is 0 Å². The highest BCUT2D eigenvalue weighted by atomic mass is 32.1. The van der Waals surface area contributed by atoms with Crippen LogP contribution < -0.4 is 10.6 Å². The summed E-state index contributed by atoms with van der Waals surface area (Å²) in [5.74, 6) is 0.883. The molecule has 0 saturated heterocycles. The molecule has 1 aromatic rings. The minimum Gasteiger partial charge on any atom is -0.356 e. The van der Waals surface area contributed by atoms with E-state index in [1.54, 1.807) is 18.4 Å². The number of unbranched alkanes of at least 4 members (excludes halogenated alkanes) is 1. The largest absolute Gasteiger partial charge is 0.356 e. The molecule has 0 amide bonds. The molecule has 0 radical (unpaired) electrons. The molecular formula is C13H24N4S. The van der Waals surface area contributed by atoms with Crippen molar-refractivity contribution >= 4 is 17.3 Å². The number of guanidine groups is 1. The number of rotatable bonds is 6. The van der Waals surface area contributed by atoms with E-state index in [4.69, 9.17) is 0 Å². The van der Waals surface area contributed by atoms with Gasteiger partial charge in [-0.15, -0.1) is 11.3 Å². The van der Waals surface area contributed by atoms with Crippen molar-refractivity contribution in [1.82, 2.24) is 15.6 Å². The minimum atomic E-state index is 0.873. The fourth-order valence-electron chi connectivity index (χ4n) is 1.54. The molecule has 4 nitrogen and oxygen atoms in total. The molecule has 0 spiro atoms. The molecule has 0 unspecified atom stereocenters. The molecule has 0 saturated carbocycles. The number of hydrogen-bond acceptors (Lipinski definition) is 3. The van der Waals surface area contributed by atoms with E-state index in [2.05, 4.69) is 41.4 Å². The molecule has 0 aromatic carbocycles. The Labute approximate surface area is 114 Å². The molecule has 2 N–H and O–H groups in total. The maximum Gasteiger partial charge on any atom is 0.190 e. The summed E-state index contributed by atoms with van der Waals surface area (Å²) in [4.78, 5) is 10.0. The van der Waals surface area contributed by atoms with Crippen molar-refractivity contribution in [2.24, 2.45) is 4.99 Å². The number of aliphatic imine (C=N–C) groups is 1. The quantitative estimate of drug-likeness (QED) is 0.473. The molecule has 102 valence electrons. The van der Waals surface area contributed by atoms with Gasteiger partial charge in [0.2, 0.25) is 0 Å². The SMILES string of the molecule is CCCCNC(=NC)NCCc1nc(C)c(C)s1. The summed E-state index contributed by atoms with van der Waals surface area (Å²) in [6, 6.07) is 0. The van der Waals surface area contributed by atoms with Crippen LogP contribution in [0, 0.1) is 13.8 Å². The van der Waals surface area contributed by atoms with Crippen LogP contribution in [0.2, 0.25) is 0 Å². The van der Waals surface area contributed by atoms with Crippen LogP contribution in [0.25, 0.3) is 0 Å². The molecule has 5 heteroatoms. The van der Waals surface area contributed by atoms with Crippen molar-refractivity contribution in [2.75, 3.05) is 20.1 Å². The smallest absolute Gasteiger partial charge is 0.190 e. The molecule has 0 aliphatic rings. The van der Waals surface area contributed by atoms with Crippen molar-refractivity contribution in [2.45, 2.75) is 40.0 Å². The molecule has 0 fully saturated rings. The van der Waals surface area contributed by atoms with Crippen LogP contribution in [0.15, 0.2) is 4.99 Å². The van der Waals surface area contributed by atoms with Gasteiger partial charge in [-0.3, -0.25) is 4.99 Å². The summed E-state index contributed by atoms with van der Waals surface area (Å²) in [6.45, 7) is 8.22. The Morgan fingerprint density at radius 2 is 2.00 bits per heavy atom. The Kier molecular flexibility index (Phi) is 6.72. The van der Waals surface area contributed by atoms with Gasteiger partial charge in [-0.25, -0.2) is 4.98 Å². The first-order chi connectivity index (χ1) is 8.67. The molecule has 1 aromatic heterocycles. The number of thiazole rings is 1. The van der Waals surface area contributed by atoms with Crippen LogP contribution in [-0.4, -0.2) is 31.1 Å². The van der Waals surface area contributed by atoms with Crippen LogP contribution in [0.5, 0.6) is 0 Å². The second kappa shape index (κ2) is 8.08. The molecule has 1 heterocycles. The van der Waals surface area contributed by atoms with Crippen molar-refractivity contribution < 1.29 is 0 Å². The third-order valence-electron chi connectivity index (χ3n) is 2.75. The predicted octanol–water partition coefficient (Wildman–Crippen LogP) is 2.27. The highest BCUT2D eigenvalue weighted by Crippen LogP contribution is 2.16. The van der Waals surface area contributed by atoms with Crippen molar-refractivity contribution in [3.8, 4) is 0 Å². The van der Waals surface area contributed by atoms with Crippen LogP contribution in [-0.2, 0) is 6.42 Å². The summed E-state index contributed by atoms with van der Waals surface area (Å²) < 4.78 is 0. The monoisotopic (exact) mass is 268 g/mol. The van der Waals surface area contributed by atoms with Gasteiger partial charge in [-0.1, -0.05) is 13.3 Å². The maximum absolute atomic E-state index is 4.53. The maximum atomic E-state index is 4.53. The number of aromatic nitrogens is 1. The zero-order valence-corrected chi connectivity index (χ0v) is 12.7. The first-order valence-corrected chi connectivity index (χ1v) is 7.36. The Bertz CT molecular complexity index is 365. The zero-order valence-electron chi connectivity index (χ0n) is 11.8. The second-order valence-corrected chi connectivity index (χ2v) is 5.57. The van der Waals surface area contributed by atoms with Gasteiger partial charge in [-0.05, 0) is 20.3 Å². The molecule has 1 rings (SSSR count). The van der Waals surface area contributed by atoms with Gasteiger partial charge in [0.1, 0.15) is 0 Å². The Morgan fingerprint density at radius 3 is 2.56 bits per heavy atom. The van der Waals surface area contributed by atoms with Crippen LogP contribution in [0.1, 0.15) is 35.3 Å². The van der Waals surface area contributed by atoms with E-state index in [0.717, 1.165) is 31.2 Å². The average Bonchev–Trinajstić information content (AvgIpc) is 2.67. The third-order valence-corrected chi connectivity index (χ3v) is 3.88. The summed E-state index contributed by atoms with van der Waals surface area (Å²) in [5, 5.41) is 7.80. The highest BCUT2D eigenvalue weighted by molar-refractivity contribution is 7.11. The normalized spacial score (nSPS) is 11.7. The van der Waals surface area contributed by atoms with E-state index in [1.165, 1.54) is 22.7 Å². The Balaban J connectivity index is 2.27. The summed E-state index contributed by atoms with van der Waals surface area (Å²) in [7, 11) is 1.80. The van der Waals surface area contributed by atoms with Crippen molar-refractivity contribution in [3.05, 3.63) is 15.6 Å². The third kappa shape index (κ3) is 5.04. The summed E-state index contributed by atoms with van der Waals surface area (Å²) in [6.07, 6.45) is 3.32. The molecule has 18 heavy (non-hydrogen) atoms. The van der Waals surface area contributed by atoms with E-state index in [0.29, 0.717) is 0 Å². The van der Waals surface area contributed by atoms with E-state index in [1.807, 2.05) is 0 Å². The Morgan fingerprint density at radius 1 is 1.28 bits per heavy atom. The predicted molar refractivity (Wildman–Crippen MR) is 79.6 cm³/mol. The van der Waals surface area contributed by atoms with Gasteiger partial charge in [-0.2, -0.15) is 0 Å². The van der Waals surface area contributed by atoms with Gasteiger partial charge in [0.05, 0.1) is 10.7 Å². The Hall–Kier alpha value is -1.10. The topological polar surface area (TPSA) is 49.3 Å². The molecular weight excluding hydrogens is 244 g/mol. The molecule has 0 aliphatic heterocycles. The molecule has 0 aliphatic carbocycles. The zero-order chi connectivity index (χ0) is 13.4. The van der Waals surface area contributed by atoms with Crippen LogP contribution in [0.4, 0.5) is 0 Å². The van der Waals surface area contributed by atoms with E-state index in [9.17, 15) is 0 Å². The summed E-state index contributed by atoms with van der Waals surface area (Å²) >= 11 is 1.78. The molecule has 0 atom stereocenters. The second-order valence-electron chi connectivity index (χ2n) is 4.28. The number of hydrogen-bond donors (Lipinski definition) is 2. The number of nitrogens with one attached hydrogen (secondary N) is 2. The van der Waals surface area contributed by atoms with Gasteiger partial charge in [0.25, 0.3) is 0 Å². The summed E-state index contributed by atoms with van der Waals surface area (Å²) in [5.41, 5.74) is 1.15. The number of nitrogens with zero attached hydrogens (tertiary/aromatic N) is 2. The number of aryl methyl sites for hydroxylation is 2. The first kappa shape index (κ1) is 15.0. The van der Waals surface area contributed by atoms with Gasteiger partial charge < -0.3 is 10.6 Å². The molecule has 0 bridgehead atoms. The fourth-order valence-corrected chi connectivity index (χ4v) is 2.47. The lowest BCUT2D eigenvalue weighted by atomic mass is 10.3. The fraction of sp³-hybridized carbons (Fsp3) is 0.692. The van der Waals surface area contributed by atoms with Crippen molar-refractivity contribution in [1.29, 1.82) is 0 Å². The average molecular weight is 268 g/mol. The van der Waals surface area contributed by atoms with Crippen LogP contribution >= 0.6 is 11.3 Å². The van der Waals surface area contributed by atoms with Gasteiger partial charge in [0.15, 0.2) is 5.96 Å². The minimum absolute atomic E-state index is 0.873. The van der Waals surface area contributed by atoms with E-state index < -0.39 is 0 Å². The standard InChI is InChI=1S/C13H24N4S/c1-5-6-8-15-13(14-4)16-9-7-12-17-10(2)11(3)18-12/h5-9H2,1-4H3,(H2,14,15,16). The lowest BCUT2D eigenvalue weighted by molar-refractivity contribution is 0.726. The van der Waals surface area contributed by atoms with E-state index >= 15 is 0 Å². The van der Waals surface area contributed by atoms with Gasteiger partial charge in [0, 0.05) is 31.4 Å². The van der Waals surface area contributed by atoms with Gasteiger partial charge >= 0.3 is 0 Å². The first-order valence-electron chi connectivity index (χ1n) is 6.54.